The number of non-ortho nitro benzene ring substituents is 1. The quantitative estimate of drug-likeness (QED) is 0.371. The summed E-state index contributed by atoms with van der Waals surface area (Å²) in [5.74, 6) is 0.518. The van der Waals surface area contributed by atoms with E-state index in [4.69, 9.17) is 5.11 Å². The molecule has 1 aliphatic rings. The first kappa shape index (κ1) is 16.7. The van der Waals surface area contributed by atoms with Crippen LogP contribution in [0.4, 0.5) is 5.69 Å². The Balaban J connectivity index is 1.85. The number of benzene rings is 1. The highest BCUT2D eigenvalue weighted by atomic mass is 32.2. The fourth-order valence-corrected chi connectivity index (χ4v) is 3.97. The Labute approximate surface area is 142 Å². The summed E-state index contributed by atoms with van der Waals surface area (Å²) in [6.07, 6.45) is 2.65. The molecule has 8 heteroatoms. The number of aliphatic hydroxyl groups excluding tert-OH is 1. The minimum atomic E-state index is -0.416. The molecule has 0 fully saturated rings. The topological polar surface area (TPSA) is 98.3 Å². The predicted molar refractivity (Wildman–Crippen MR) is 90.3 cm³/mol. The maximum atomic E-state index is 12.2. The lowest BCUT2D eigenvalue weighted by Gasteiger charge is -2.13. The molecule has 0 bridgehead atoms. The van der Waals surface area contributed by atoms with Gasteiger partial charge in [0, 0.05) is 29.1 Å². The lowest BCUT2D eigenvalue weighted by molar-refractivity contribution is -0.384. The molecule has 126 valence electrons. The molecule has 1 aliphatic carbocycles. The molecule has 1 aromatic heterocycles. The molecule has 0 radical (unpaired) electrons. The molecule has 1 aromatic carbocycles. The second kappa shape index (κ2) is 7.14. The third-order valence-corrected chi connectivity index (χ3v) is 5.11. The van der Waals surface area contributed by atoms with Crippen LogP contribution in [0.1, 0.15) is 23.2 Å². The fraction of sp³-hybridized carbons (Fsp3) is 0.375. The van der Waals surface area contributed by atoms with Gasteiger partial charge in [0.05, 0.1) is 18.1 Å². The van der Waals surface area contributed by atoms with Crippen molar-refractivity contribution in [3.8, 4) is 0 Å². The van der Waals surface area contributed by atoms with Gasteiger partial charge in [0.15, 0.2) is 0 Å². The highest BCUT2D eigenvalue weighted by Crippen LogP contribution is 2.31. The van der Waals surface area contributed by atoms with Crippen LogP contribution in [-0.2, 0) is 25.1 Å². The fourth-order valence-electron chi connectivity index (χ4n) is 2.95. The number of nitro groups is 1. The van der Waals surface area contributed by atoms with E-state index in [1.54, 1.807) is 16.7 Å². The van der Waals surface area contributed by atoms with Crippen LogP contribution >= 0.6 is 11.8 Å². The summed E-state index contributed by atoms with van der Waals surface area (Å²) in [4.78, 5) is 26.8. The zero-order valence-corrected chi connectivity index (χ0v) is 13.8. The molecule has 0 spiro atoms. The summed E-state index contributed by atoms with van der Waals surface area (Å²) in [5, 5.41) is 20.7. The van der Waals surface area contributed by atoms with Crippen molar-refractivity contribution in [2.75, 3.05) is 6.61 Å². The van der Waals surface area contributed by atoms with Crippen molar-refractivity contribution in [3.05, 3.63) is 61.7 Å². The van der Waals surface area contributed by atoms with Crippen molar-refractivity contribution in [2.24, 2.45) is 0 Å². The van der Waals surface area contributed by atoms with Gasteiger partial charge in [0.2, 0.25) is 0 Å². The number of hydrogen-bond donors (Lipinski definition) is 1. The lowest BCUT2D eigenvalue weighted by Crippen LogP contribution is -2.28. The first-order valence-corrected chi connectivity index (χ1v) is 8.68. The van der Waals surface area contributed by atoms with E-state index in [1.165, 1.54) is 17.8 Å². The van der Waals surface area contributed by atoms with E-state index in [1.807, 2.05) is 6.07 Å². The molecule has 0 aliphatic heterocycles. The van der Waals surface area contributed by atoms with Gasteiger partial charge < -0.3 is 5.11 Å². The Morgan fingerprint density at radius 3 is 2.96 bits per heavy atom. The number of thioether (sulfide) groups is 1. The first-order valence-electron chi connectivity index (χ1n) is 7.69. The van der Waals surface area contributed by atoms with E-state index in [0.717, 1.165) is 36.1 Å². The highest BCUT2D eigenvalue weighted by molar-refractivity contribution is 7.98. The summed E-state index contributed by atoms with van der Waals surface area (Å²) in [5.41, 5.74) is 2.57. The Hall–Kier alpha value is -2.19. The van der Waals surface area contributed by atoms with Crippen LogP contribution in [0.2, 0.25) is 0 Å². The summed E-state index contributed by atoms with van der Waals surface area (Å²) >= 11 is 1.43. The van der Waals surface area contributed by atoms with E-state index in [0.29, 0.717) is 10.8 Å². The summed E-state index contributed by atoms with van der Waals surface area (Å²) < 4.78 is 1.56. The average molecular weight is 347 g/mol. The Bertz CT molecular complexity index is 835. The van der Waals surface area contributed by atoms with Crippen LogP contribution in [0.3, 0.4) is 0 Å². The van der Waals surface area contributed by atoms with Gasteiger partial charge in [-0.05, 0) is 24.8 Å². The average Bonchev–Trinajstić information content (AvgIpc) is 3.06. The van der Waals surface area contributed by atoms with E-state index in [9.17, 15) is 14.9 Å². The first-order chi connectivity index (χ1) is 11.6. The van der Waals surface area contributed by atoms with Gasteiger partial charge >= 0.3 is 5.69 Å². The number of rotatable bonds is 6. The van der Waals surface area contributed by atoms with Gasteiger partial charge in [-0.1, -0.05) is 12.1 Å². The van der Waals surface area contributed by atoms with E-state index < -0.39 is 4.92 Å². The van der Waals surface area contributed by atoms with Gasteiger partial charge in [0.25, 0.3) is 5.69 Å². The maximum absolute atomic E-state index is 12.2. The Morgan fingerprint density at radius 1 is 1.38 bits per heavy atom. The second-order valence-electron chi connectivity index (χ2n) is 5.57. The SMILES string of the molecule is O=c1nc(SCc2cccc([N+](=O)[O-])c2)c2c(n1CCO)CCC2. The molecular formula is C16H17N3O4S. The minimum Gasteiger partial charge on any atom is -0.395 e. The standard InChI is InChI=1S/C16H17N3O4S/c20-8-7-18-14-6-2-5-13(14)15(17-16(18)21)24-10-11-3-1-4-12(9-11)19(22)23/h1,3-4,9,20H,2,5-8,10H2. The van der Waals surface area contributed by atoms with E-state index in [-0.39, 0.29) is 24.5 Å². The van der Waals surface area contributed by atoms with Crippen molar-refractivity contribution in [1.82, 2.24) is 9.55 Å². The van der Waals surface area contributed by atoms with E-state index >= 15 is 0 Å². The Morgan fingerprint density at radius 2 is 2.21 bits per heavy atom. The van der Waals surface area contributed by atoms with Crippen LogP contribution < -0.4 is 5.69 Å². The highest BCUT2D eigenvalue weighted by Gasteiger charge is 2.21. The molecular weight excluding hydrogens is 330 g/mol. The molecule has 3 rings (SSSR count). The molecule has 0 amide bonds. The third-order valence-electron chi connectivity index (χ3n) is 4.02. The van der Waals surface area contributed by atoms with Crippen LogP contribution in [0.25, 0.3) is 0 Å². The number of hydrogen-bond acceptors (Lipinski definition) is 6. The molecule has 1 N–H and O–H groups in total. The summed E-state index contributed by atoms with van der Waals surface area (Å²) in [7, 11) is 0. The van der Waals surface area contributed by atoms with Crippen molar-refractivity contribution >= 4 is 17.4 Å². The van der Waals surface area contributed by atoms with Gasteiger partial charge in [-0.2, -0.15) is 4.98 Å². The van der Waals surface area contributed by atoms with Gasteiger partial charge in [-0.3, -0.25) is 14.7 Å². The molecule has 1 heterocycles. The Kier molecular flexibility index (Phi) is 4.96. The zero-order chi connectivity index (χ0) is 17.1. The van der Waals surface area contributed by atoms with Crippen molar-refractivity contribution < 1.29 is 10.0 Å². The van der Waals surface area contributed by atoms with Crippen LogP contribution in [0.15, 0.2) is 34.1 Å². The molecule has 2 aromatic rings. The van der Waals surface area contributed by atoms with Crippen LogP contribution in [-0.4, -0.2) is 26.2 Å². The number of aliphatic hydroxyl groups is 1. The van der Waals surface area contributed by atoms with Crippen molar-refractivity contribution in [1.29, 1.82) is 0 Å². The van der Waals surface area contributed by atoms with Gasteiger partial charge in [-0.25, -0.2) is 4.79 Å². The summed E-state index contributed by atoms with van der Waals surface area (Å²) in [6, 6.07) is 6.48. The lowest BCUT2D eigenvalue weighted by atomic mass is 10.2. The number of fused-ring (bicyclic) bond motifs is 1. The van der Waals surface area contributed by atoms with Crippen LogP contribution in [0.5, 0.6) is 0 Å². The molecule has 0 atom stereocenters. The maximum Gasteiger partial charge on any atom is 0.348 e. The van der Waals surface area contributed by atoms with Crippen molar-refractivity contribution in [3.63, 3.8) is 0 Å². The van der Waals surface area contributed by atoms with Gasteiger partial charge in [-0.15, -0.1) is 11.8 Å². The monoisotopic (exact) mass is 347 g/mol. The molecule has 0 saturated carbocycles. The molecule has 7 nitrogen and oxygen atoms in total. The summed E-state index contributed by atoms with van der Waals surface area (Å²) in [6.45, 7) is 0.179. The number of nitrogens with zero attached hydrogens (tertiary/aromatic N) is 3. The smallest absolute Gasteiger partial charge is 0.348 e. The predicted octanol–water partition coefficient (Wildman–Crippen LogP) is 1.92. The third kappa shape index (κ3) is 3.34. The van der Waals surface area contributed by atoms with Crippen LogP contribution in [0, 0.1) is 10.1 Å². The van der Waals surface area contributed by atoms with Gasteiger partial charge in [0.1, 0.15) is 5.03 Å². The zero-order valence-electron chi connectivity index (χ0n) is 13.0. The number of aromatic nitrogens is 2. The normalized spacial score (nSPS) is 13.0. The largest absolute Gasteiger partial charge is 0.395 e. The molecule has 0 unspecified atom stereocenters. The van der Waals surface area contributed by atoms with E-state index in [2.05, 4.69) is 4.98 Å². The van der Waals surface area contributed by atoms with Crippen molar-refractivity contribution in [2.45, 2.75) is 36.6 Å². The molecule has 24 heavy (non-hydrogen) atoms. The minimum absolute atomic E-state index is 0.0599. The second-order valence-corrected chi connectivity index (χ2v) is 6.53. The number of nitro benzene ring substituents is 1. The molecule has 0 saturated heterocycles.